The summed E-state index contributed by atoms with van der Waals surface area (Å²) in [7, 11) is 0. The maximum absolute atomic E-state index is 12.0. The number of likely N-dealkylation sites (tertiary alicyclic amines) is 1. The van der Waals surface area contributed by atoms with E-state index in [0.29, 0.717) is 17.4 Å². The van der Waals surface area contributed by atoms with Crippen LogP contribution in [0.4, 0.5) is 5.13 Å². The van der Waals surface area contributed by atoms with E-state index in [0.717, 1.165) is 0 Å². The Bertz CT molecular complexity index is 459. The molecule has 1 aliphatic heterocycles. The minimum atomic E-state index is -0.856. The van der Waals surface area contributed by atoms with E-state index in [9.17, 15) is 9.59 Å². The van der Waals surface area contributed by atoms with Crippen LogP contribution in [-0.2, 0) is 4.79 Å². The van der Waals surface area contributed by atoms with Gasteiger partial charge in [0.05, 0.1) is 5.92 Å². The number of rotatable bonds is 2. The van der Waals surface area contributed by atoms with Gasteiger partial charge in [0.25, 0.3) is 5.91 Å². The third-order valence-corrected chi connectivity index (χ3v) is 3.63. The van der Waals surface area contributed by atoms with E-state index in [1.54, 1.807) is 5.38 Å². The van der Waals surface area contributed by atoms with E-state index in [2.05, 4.69) is 4.98 Å². The highest BCUT2D eigenvalue weighted by Crippen LogP contribution is 2.25. The van der Waals surface area contributed by atoms with Crippen LogP contribution in [0, 0.1) is 11.8 Å². The van der Waals surface area contributed by atoms with Crippen LogP contribution in [0.15, 0.2) is 5.38 Å². The van der Waals surface area contributed by atoms with Crippen LogP contribution in [-0.4, -0.2) is 40.0 Å². The first-order valence-electron chi connectivity index (χ1n) is 5.22. The lowest BCUT2D eigenvalue weighted by Crippen LogP contribution is -2.30. The Labute approximate surface area is 102 Å². The van der Waals surface area contributed by atoms with Crippen molar-refractivity contribution in [2.75, 3.05) is 18.8 Å². The summed E-state index contributed by atoms with van der Waals surface area (Å²) in [5.74, 6) is -1.62. The van der Waals surface area contributed by atoms with Gasteiger partial charge in [-0.3, -0.25) is 9.59 Å². The predicted molar refractivity (Wildman–Crippen MR) is 62.7 cm³/mol. The van der Waals surface area contributed by atoms with Crippen molar-refractivity contribution in [3.05, 3.63) is 11.1 Å². The lowest BCUT2D eigenvalue weighted by Gasteiger charge is -2.13. The lowest BCUT2D eigenvalue weighted by molar-refractivity contribution is -0.142. The van der Waals surface area contributed by atoms with Gasteiger partial charge in [-0.15, -0.1) is 11.3 Å². The summed E-state index contributed by atoms with van der Waals surface area (Å²) in [5.41, 5.74) is 5.76. The van der Waals surface area contributed by atoms with E-state index in [1.165, 1.54) is 16.2 Å². The molecule has 0 aliphatic carbocycles. The second kappa shape index (κ2) is 4.33. The number of thiazole rings is 1. The van der Waals surface area contributed by atoms with Gasteiger partial charge in [0.1, 0.15) is 5.69 Å². The molecule has 0 bridgehead atoms. The first-order chi connectivity index (χ1) is 7.99. The first-order valence-corrected chi connectivity index (χ1v) is 6.10. The number of aliphatic carboxylic acids is 1. The Morgan fingerprint density at radius 1 is 1.59 bits per heavy atom. The molecule has 1 aromatic heterocycles. The number of carbonyl (C=O) groups excluding carboxylic acids is 1. The minimum Gasteiger partial charge on any atom is -0.481 e. The summed E-state index contributed by atoms with van der Waals surface area (Å²) >= 11 is 1.20. The molecular weight excluding hydrogens is 242 g/mol. The van der Waals surface area contributed by atoms with Crippen molar-refractivity contribution in [2.45, 2.75) is 6.92 Å². The quantitative estimate of drug-likeness (QED) is 0.803. The van der Waals surface area contributed by atoms with Gasteiger partial charge in [0.2, 0.25) is 0 Å². The van der Waals surface area contributed by atoms with Gasteiger partial charge in [-0.1, -0.05) is 6.92 Å². The zero-order valence-electron chi connectivity index (χ0n) is 9.29. The third kappa shape index (κ3) is 2.23. The summed E-state index contributed by atoms with van der Waals surface area (Å²) in [6.45, 7) is 2.53. The number of nitrogens with zero attached hydrogens (tertiary/aromatic N) is 2. The van der Waals surface area contributed by atoms with E-state index in [-0.39, 0.29) is 18.4 Å². The molecule has 3 N–H and O–H groups in total. The van der Waals surface area contributed by atoms with Gasteiger partial charge in [-0.2, -0.15) is 0 Å². The number of carboxylic acids is 1. The zero-order chi connectivity index (χ0) is 12.6. The predicted octanol–water partition coefficient (Wildman–Crippen LogP) is 0.518. The van der Waals surface area contributed by atoms with Crippen molar-refractivity contribution < 1.29 is 14.7 Å². The fourth-order valence-corrected chi connectivity index (χ4v) is 2.54. The number of hydrogen-bond acceptors (Lipinski definition) is 5. The van der Waals surface area contributed by atoms with E-state index >= 15 is 0 Å². The topological polar surface area (TPSA) is 96.5 Å². The monoisotopic (exact) mass is 255 g/mol. The molecule has 1 amide bonds. The Kier molecular flexibility index (Phi) is 3.01. The molecule has 0 aromatic carbocycles. The van der Waals surface area contributed by atoms with E-state index < -0.39 is 11.9 Å². The molecule has 1 saturated heterocycles. The number of anilines is 1. The van der Waals surface area contributed by atoms with Gasteiger partial charge in [0.15, 0.2) is 5.13 Å². The highest BCUT2D eigenvalue weighted by atomic mass is 32.1. The van der Waals surface area contributed by atoms with Crippen molar-refractivity contribution in [2.24, 2.45) is 11.8 Å². The molecule has 0 spiro atoms. The standard InChI is InChI=1S/C10H13N3O3S/c1-5-2-13(3-6(5)9(15)16)8(14)7-4-17-10(11)12-7/h4-6H,2-3H2,1H3,(H2,11,12)(H,15,16). The lowest BCUT2D eigenvalue weighted by atomic mass is 9.99. The van der Waals surface area contributed by atoms with E-state index in [1.807, 2.05) is 6.92 Å². The molecule has 2 unspecified atom stereocenters. The molecule has 0 saturated carbocycles. The molecule has 1 fully saturated rings. The van der Waals surface area contributed by atoms with Crippen LogP contribution < -0.4 is 5.73 Å². The Hall–Kier alpha value is -1.63. The van der Waals surface area contributed by atoms with Crippen LogP contribution in [0.3, 0.4) is 0 Å². The largest absolute Gasteiger partial charge is 0.481 e. The second-order valence-electron chi connectivity index (χ2n) is 4.20. The van der Waals surface area contributed by atoms with Crippen molar-refractivity contribution in [3.63, 3.8) is 0 Å². The number of nitrogen functional groups attached to an aromatic ring is 1. The van der Waals surface area contributed by atoms with Crippen LogP contribution in [0.1, 0.15) is 17.4 Å². The zero-order valence-corrected chi connectivity index (χ0v) is 10.1. The summed E-state index contributed by atoms with van der Waals surface area (Å²) in [6, 6.07) is 0. The molecule has 92 valence electrons. The fourth-order valence-electron chi connectivity index (χ4n) is 2.00. The average Bonchev–Trinajstić information content (AvgIpc) is 2.83. The normalized spacial score (nSPS) is 23.9. The number of hydrogen-bond donors (Lipinski definition) is 2. The second-order valence-corrected chi connectivity index (χ2v) is 5.09. The number of carboxylic acid groups (broad SMARTS) is 1. The van der Waals surface area contributed by atoms with Crippen LogP contribution in [0.25, 0.3) is 0 Å². The van der Waals surface area contributed by atoms with Crippen LogP contribution in [0.2, 0.25) is 0 Å². The van der Waals surface area contributed by atoms with Crippen LogP contribution >= 0.6 is 11.3 Å². The summed E-state index contributed by atoms with van der Waals surface area (Å²) in [4.78, 5) is 28.4. The first kappa shape index (κ1) is 11.8. The van der Waals surface area contributed by atoms with Gasteiger partial charge >= 0.3 is 5.97 Å². The van der Waals surface area contributed by atoms with Crippen molar-refractivity contribution in [1.82, 2.24) is 9.88 Å². The Morgan fingerprint density at radius 2 is 2.29 bits per heavy atom. The van der Waals surface area contributed by atoms with E-state index in [4.69, 9.17) is 10.8 Å². The molecular formula is C10H13N3O3S. The molecule has 0 radical (unpaired) electrons. The SMILES string of the molecule is CC1CN(C(=O)c2csc(N)n2)CC1C(=O)O. The Morgan fingerprint density at radius 3 is 2.76 bits per heavy atom. The maximum Gasteiger partial charge on any atom is 0.308 e. The minimum absolute atomic E-state index is 0.0348. The van der Waals surface area contributed by atoms with Gasteiger partial charge < -0.3 is 15.7 Å². The molecule has 1 aliphatic rings. The highest BCUT2D eigenvalue weighted by Gasteiger charge is 2.37. The summed E-state index contributed by atoms with van der Waals surface area (Å²) in [6.07, 6.45) is 0. The molecule has 2 rings (SSSR count). The molecule has 2 atom stereocenters. The smallest absolute Gasteiger partial charge is 0.308 e. The molecule has 1 aromatic rings. The number of carbonyl (C=O) groups is 2. The fraction of sp³-hybridized carbons (Fsp3) is 0.500. The van der Waals surface area contributed by atoms with Gasteiger partial charge in [-0.25, -0.2) is 4.98 Å². The summed E-state index contributed by atoms with van der Waals surface area (Å²) in [5, 5.41) is 10.9. The van der Waals surface area contributed by atoms with Gasteiger partial charge in [0, 0.05) is 18.5 Å². The van der Waals surface area contributed by atoms with Gasteiger partial charge in [-0.05, 0) is 5.92 Å². The van der Waals surface area contributed by atoms with Crippen molar-refractivity contribution in [3.8, 4) is 0 Å². The van der Waals surface area contributed by atoms with Crippen molar-refractivity contribution >= 4 is 28.3 Å². The number of aromatic nitrogens is 1. The van der Waals surface area contributed by atoms with Crippen molar-refractivity contribution in [1.29, 1.82) is 0 Å². The Balaban J connectivity index is 2.10. The molecule has 7 heteroatoms. The maximum atomic E-state index is 12.0. The molecule has 2 heterocycles. The number of amides is 1. The highest BCUT2D eigenvalue weighted by molar-refractivity contribution is 7.13. The van der Waals surface area contributed by atoms with Crippen LogP contribution in [0.5, 0.6) is 0 Å². The molecule has 6 nitrogen and oxygen atoms in total. The third-order valence-electron chi connectivity index (χ3n) is 2.96. The molecule has 17 heavy (non-hydrogen) atoms. The average molecular weight is 255 g/mol. The summed E-state index contributed by atoms with van der Waals surface area (Å²) < 4.78 is 0. The number of nitrogens with two attached hydrogens (primary N) is 1.